The maximum atomic E-state index is 13.9. The number of carbonyl (C=O) groups excluding carboxylic acids is 2. The predicted molar refractivity (Wildman–Crippen MR) is 161 cm³/mol. The third kappa shape index (κ3) is 7.95. The molecule has 0 aliphatic heterocycles. The molecule has 0 bridgehead atoms. The maximum Gasteiger partial charge on any atom is 0.264 e. The molecule has 0 aliphatic carbocycles. The molecule has 0 fully saturated rings. The number of amides is 2. The highest BCUT2D eigenvalue weighted by Crippen LogP contribution is 2.25. The van der Waals surface area contributed by atoms with Crippen LogP contribution in [-0.2, 0) is 26.2 Å². The van der Waals surface area contributed by atoms with Crippen LogP contribution in [0.3, 0.4) is 0 Å². The molecule has 0 radical (unpaired) electrons. The van der Waals surface area contributed by atoms with E-state index in [9.17, 15) is 18.0 Å². The van der Waals surface area contributed by atoms with Gasteiger partial charge in [-0.3, -0.25) is 13.9 Å². The standard InChI is InChI=1S/C29H34IN3O5S/c1-5-21(2)31-29(35)22(3)32(19-23-11-17-26(38-4)18-12-23)28(34)20-33(25-15-13-24(30)14-16-25)39(36,37)27-9-7-6-8-10-27/h6-18,21-22H,5,19-20H2,1-4H3,(H,31,35)/t21-,22-/m0/s1. The summed E-state index contributed by atoms with van der Waals surface area (Å²) in [7, 11) is -2.51. The van der Waals surface area contributed by atoms with Crippen molar-refractivity contribution in [3.8, 4) is 5.75 Å². The van der Waals surface area contributed by atoms with E-state index in [0.717, 1.165) is 19.9 Å². The molecule has 0 unspecified atom stereocenters. The molecule has 2 atom stereocenters. The van der Waals surface area contributed by atoms with Crippen molar-refractivity contribution in [3.05, 3.63) is 88.0 Å². The van der Waals surface area contributed by atoms with Crippen molar-refractivity contribution in [1.82, 2.24) is 10.2 Å². The van der Waals surface area contributed by atoms with Gasteiger partial charge in [-0.1, -0.05) is 37.3 Å². The van der Waals surface area contributed by atoms with Crippen LogP contribution in [0.25, 0.3) is 0 Å². The van der Waals surface area contributed by atoms with E-state index in [1.165, 1.54) is 17.0 Å². The Labute approximate surface area is 244 Å². The van der Waals surface area contributed by atoms with Gasteiger partial charge < -0.3 is 15.0 Å². The summed E-state index contributed by atoms with van der Waals surface area (Å²) in [6.45, 7) is 5.15. The summed E-state index contributed by atoms with van der Waals surface area (Å²) in [5.74, 6) is -0.147. The minimum atomic E-state index is -4.08. The van der Waals surface area contributed by atoms with Crippen LogP contribution in [0.1, 0.15) is 32.8 Å². The third-order valence-corrected chi connectivity index (χ3v) is 8.91. The van der Waals surface area contributed by atoms with Crippen LogP contribution in [0.5, 0.6) is 5.75 Å². The normalized spacial score (nSPS) is 12.7. The van der Waals surface area contributed by atoms with Gasteiger partial charge in [0.1, 0.15) is 18.3 Å². The highest BCUT2D eigenvalue weighted by atomic mass is 127. The zero-order chi connectivity index (χ0) is 28.6. The number of sulfonamides is 1. The number of halogens is 1. The summed E-state index contributed by atoms with van der Waals surface area (Å²) in [4.78, 5) is 28.5. The fourth-order valence-corrected chi connectivity index (χ4v) is 5.63. The molecule has 39 heavy (non-hydrogen) atoms. The molecule has 8 nitrogen and oxygen atoms in total. The first kappa shape index (κ1) is 30.4. The van der Waals surface area contributed by atoms with E-state index in [4.69, 9.17) is 4.74 Å². The molecule has 3 aromatic rings. The third-order valence-electron chi connectivity index (χ3n) is 6.40. The van der Waals surface area contributed by atoms with Crippen molar-refractivity contribution in [2.75, 3.05) is 18.0 Å². The first-order valence-corrected chi connectivity index (χ1v) is 15.1. The number of methoxy groups -OCH3 is 1. The van der Waals surface area contributed by atoms with Gasteiger partial charge in [0, 0.05) is 16.2 Å². The highest BCUT2D eigenvalue weighted by Gasteiger charge is 2.32. The Balaban J connectivity index is 2.00. The van der Waals surface area contributed by atoms with Crippen LogP contribution >= 0.6 is 22.6 Å². The Morgan fingerprint density at radius 1 is 0.949 bits per heavy atom. The molecular weight excluding hydrogens is 629 g/mol. The van der Waals surface area contributed by atoms with Gasteiger partial charge in [0.15, 0.2) is 0 Å². The van der Waals surface area contributed by atoms with E-state index in [0.29, 0.717) is 11.4 Å². The molecule has 0 aliphatic rings. The molecule has 0 saturated carbocycles. The summed E-state index contributed by atoms with van der Waals surface area (Å²) in [6, 6.07) is 21.2. The van der Waals surface area contributed by atoms with Crippen LogP contribution in [0.15, 0.2) is 83.8 Å². The van der Waals surface area contributed by atoms with Crippen molar-refractivity contribution in [2.45, 2.75) is 50.7 Å². The Morgan fingerprint density at radius 2 is 1.56 bits per heavy atom. The first-order chi connectivity index (χ1) is 18.6. The lowest BCUT2D eigenvalue weighted by molar-refractivity contribution is -0.139. The van der Waals surface area contributed by atoms with Crippen LogP contribution in [0.2, 0.25) is 0 Å². The molecule has 208 valence electrons. The van der Waals surface area contributed by atoms with Gasteiger partial charge >= 0.3 is 0 Å². The molecule has 0 heterocycles. The first-order valence-electron chi connectivity index (χ1n) is 12.6. The van der Waals surface area contributed by atoms with E-state index in [-0.39, 0.29) is 23.4 Å². The molecule has 0 saturated heterocycles. The largest absolute Gasteiger partial charge is 0.497 e. The van der Waals surface area contributed by atoms with Gasteiger partial charge in [-0.05, 0) is 97.0 Å². The minimum absolute atomic E-state index is 0.0698. The zero-order valence-corrected chi connectivity index (χ0v) is 25.5. The molecular formula is C29H34IN3O5S. The summed E-state index contributed by atoms with van der Waals surface area (Å²) < 4.78 is 34.8. The maximum absolute atomic E-state index is 13.9. The lowest BCUT2D eigenvalue weighted by atomic mass is 10.1. The fraction of sp³-hybridized carbons (Fsp3) is 0.310. The Morgan fingerprint density at radius 3 is 2.13 bits per heavy atom. The fourth-order valence-electron chi connectivity index (χ4n) is 3.83. The predicted octanol–water partition coefficient (Wildman–Crippen LogP) is 4.83. The monoisotopic (exact) mass is 663 g/mol. The lowest BCUT2D eigenvalue weighted by Crippen LogP contribution is -2.52. The molecule has 1 N–H and O–H groups in total. The van der Waals surface area contributed by atoms with Gasteiger partial charge in [-0.25, -0.2) is 8.42 Å². The van der Waals surface area contributed by atoms with E-state index in [1.807, 2.05) is 26.0 Å². The van der Waals surface area contributed by atoms with Crippen molar-refractivity contribution in [3.63, 3.8) is 0 Å². The number of carbonyl (C=O) groups is 2. The zero-order valence-electron chi connectivity index (χ0n) is 22.5. The average molecular weight is 664 g/mol. The number of anilines is 1. The molecule has 3 rings (SSSR count). The summed E-state index contributed by atoms with van der Waals surface area (Å²) in [6.07, 6.45) is 0.737. The van der Waals surface area contributed by atoms with Gasteiger partial charge in [0.05, 0.1) is 17.7 Å². The summed E-state index contributed by atoms with van der Waals surface area (Å²) >= 11 is 2.14. The topological polar surface area (TPSA) is 96.0 Å². The molecule has 10 heteroatoms. The van der Waals surface area contributed by atoms with Crippen LogP contribution in [-0.4, -0.2) is 50.9 Å². The Hall–Kier alpha value is -3.12. The van der Waals surface area contributed by atoms with E-state index in [2.05, 4.69) is 27.9 Å². The highest BCUT2D eigenvalue weighted by molar-refractivity contribution is 14.1. The number of nitrogens with one attached hydrogen (secondary N) is 1. The van der Waals surface area contributed by atoms with Crippen molar-refractivity contribution < 1.29 is 22.7 Å². The summed E-state index contributed by atoms with van der Waals surface area (Å²) in [5, 5.41) is 2.93. The molecule has 0 spiro atoms. The van der Waals surface area contributed by atoms with E-state index < -0.39 is 28.5 Å². The number of nitrogens with zero attached hydrogens (tertiary/aromatic N) is 2. The smallest absolute Gasteiger partial charge is 0.264 e. The minimum Gasteiger partial charge on any atom is -0.497 e. The number of benzene rings is 3. The van der Waals surface area contributed by atoms with Gasteiger partial charge in [-0.15, -0.1) is 0 Å². The number of hydrogen-bond donors (Lipinski definition) is 1. The van der Waals surface area contributed by atoms with E-state index >= 15 is 0 Å². The lowest BCUT2D eigenvalue weighted by Gasteiger charge is -2.32. The van der Waals surface area contributed by atoms with E-state index in [1.54, 1.807) is 68.6 Å². The van der Waals surface area contributed by atoms with Crippen LogP contribution in [0, 0.1) is 3.57 Å². The second-order valence-corrected chi connectivity index (χ2v) is 12.3. The molecule has 0 aromatic heterocycles. The molecule has 2 amide bonds. The van der Waals surface area contributed by atoms with Crippen molar-refractivity contribution >= 4 is 50.1 Å². The second kappa shape index (κ2) is 13.8. The van der Waals surface area contributed by atoms with Gasteiger partial charge in [0.2, 0.25) is 11.8 Å². The van der Waals surface area contributed by atoms with Gasteiger partial charge in [0.25, 0.3) is 10.0 Å². The number of ether oxygens (including phenoxy) is 1. The van der Waals surface area contributed by atoms with Crippen molar-refractivity contribution in [1.29, 1.82) is 0 Å². The average Bonchev–Trinajstić information content (AvgIpc) is 2.95. The quantitative estimate of drug-likeness (QED) is 0.281. The van der Waals surface area contributed by atoms with Gasteiger partial charge in [-0.2, -0.15) is 0 Å². The SMILES string of the molecule is CC[C@H](C)NC(=O)[C@H](C)N(Cc1ccc(OC)cc1)C(=O)CN(c1ccc(I)cc1)S(=O)(=O)c1ccccc1. The summed E-state index contributed by atoms with van der Waals surface area (Å²) in [5.41, 5.74) is 1.13. The number of rotatable bonds is 12. The Kier molecular flexibility index (Phi) is 10.8. The van der Waals surface area contributed by atoms with Crippen LogP contribution in [0.4, 0.5) is 5.69 Å². The van der Waals surface area contributed by atoms with Crippen LogP contribution < -0.4 is 14.4 Å². The number of hydrogen-bond acceptors (Lipinski definition) is 5. The second-order valence-electron chi connectivity index (χ2n) is 9.16. The Bertz CT molecular complexity index is 1350. The van der Waals surface area contributed by atoms with Crippen molar-refractivity contribution in [2.24, 2.45) is 0 Å². The molecule has 3 aromatic carbocycles.